The number of aldehydes is 1. The number of benzene rings is 3. The summed E-state index contributed by atoms with van der Waals surface area (Å²) in [5.74, 6) is -0.710. The van der Waals surface area contributed by atoms with E-state index in [9.17, 15) is 9.59 Å². The lowest BCUT2D eigenvalue weighted by atomic mass is 10.1. The van der Waals surface area contributed by atoms with E-state index in [0.717, 1.165) is 28.8 Å². The highest BCUT2D eigenvalue weighted by Crippen LogP contribution is 2.30. The highest BCUT2D eigenvalue weighted by molar-refractivity contribution is 5.86. The van der Waals surface area contributed by atoms with Crippen LogP contribution in [0.4, 0.5) is 0 Å². The molecule has 0 saturated carbocycles. The Morgan fingerprint density at radius 2 is 1.24 bits per heavy atom. The smallest absolute Gasteiger partial charge is 0.333 e. The van der Waals surface area contributed by atoms with Crippen molar-refractivity contribution in [3.8, 4) is 0 Å². The zero-order valence-corrected chi connectivity index (χ0v) is 20.4. The van der Waals surface area contributed by atoms with Gasteiger partial charge in [-0.3, -0.25) is 4.79 Å². The Labute approximate surface area is 216 Å². The second kappa shape index (κ2) is 14.2. The van der Waals surface area contributed by atoms with Gasteiger partial charge in [0.15, 0.2) is 0 Å². The average molecular weight is 503 g/mol. The molecule has 0 unspecified atom stereocenters. The van der Waals surface area contributed by atoms with Crippen molar-refractivity contribution in [1.82, 2.24) is 0 Å². The van der Waals surface area contributed by atoms with E-state index in [1.165, 1.54) is 0 Å². The minimum Gasteiger partial charge on any atom is -0.430 e. The molecule has 1 heterocycles. The summed E-state index contributed by atoms with van der Waals surface area (Å²) in [6.07, 6.45) is -0.272. The minimum atomic E-state index is -1.04. The van der Waals surface area contributed by atoms with Crippen LogP contribution in [-0.2, 0) is 53.1 Å². The molecule has 0 bridgehead atoms. The highest BCUT2D eigenvalue weighted by atomic mass is 16.7. The molecule has 0 amide bonds. The highest BCUT2D eigenvalue weighted by Gasteiger charge is 2.48. The van der Waals surface area contributed by atoms with Gasteiger partial charge in [-0.15, -0.1) is 0 Å². The number of rotatable bonds is 13. The average Bonchev–Trinajstić information content (AvgIpc) is 3.26. The van der Waals surface area contributed by atoms with E-state index in [1.54, 1.807) is 0 Å². The molecule has 1 fully saturated rings. The fraction of sp³-hybridized carbons (Fsp3) is 0.267. The summed E-state index contributed by atoms with van der Waals surface area (Å²) in [7, 11) is 0. The number of hydrogen-bond acceptors (Lipinski definition) is 7. The van der Waals surface area contributed by atoms with Gasteiger partial charge < -0.3 is 23.7 Å². The Morgan fingerprint density at radius 3 is 1.78 bits per heavy atom. The van der Waals surface area contributed by atoms with E-state index in [2.05, 4.69) is 0 Å². The number of allylic oxidation sites excluding steroid dienone is 1. The van der Waals surface area contributed by atoms with Gasteiger partial charge in [0, 0.05) is 6.08 Å². The second-order valence-corrected chi connectivity index (χ2v) is 8.50. The van der Waals surface area contributed by atoms with Crippen LogP contribution < -0.4 is 0 Å². The van der Waals surface area contributed by atoms with Crippen molar-refractivity contribution in [3.63, 3.8) is 0 Å². The zero-order valence-electron chi connectivity index (χ0n) is 20.4. The van der Waals surface area contributed by atoms with Crippen LogP contribution in [0.3, 0.4) is 0 Å². The molecular formula is C30H30O7. The first kappa shape index (κ1) is 26.4. The first-order valence-electron chi connectivity index (χ1n) is 12.1. The molecule has 0 spiro atoms. The third-order valence-electron chi connectivity index (χ3n) is 5.77. The monoisotopic (exact) mass is 502 g/mol. The third-order valence-corrected chi connectivity index (χ3v) is 5.77. The Bertz CT molecular complexity index is 1120. The topological polar surface area (TPSA) is 80.3 Å². The van der Waals surface area contributed by atoms with Crippen molar-refractivity contribution in [2.45, 2.75) is 44.4 Å². The summed E-state index contributed by atoms with van der Waals surface area (Å²) in [6, 6.07) is 29.3. The molecule has 1 aliphatic heterocycles. The van der Waals surface area contributed by atoms with Crippen LogP contribution in [0.5, 0.6) is 0 Å². The second-order valence-electron chi connectivity index (χ2n) is 8.50. The van der Waals surface area contributed by atoms with Gasteiger partial charge in [-0.1, -0.05) is 91.0 Å². The summed E-state index contributed by atoms with van der Waals surface area (Å²) in [5.41, 5.74) is 2.97. The molecule has 0 aliphatic carbocycles. The summed E-state index contributed by atoms with van der Waals surface area (Å²) in [5, 5.41) is 0. The van der Waals surface area contributed by atoms with Crippen molar-refractivity contribution in [2.75, 3.05) is 6.61 Å². The molecule has 37 heavy (non-hydrogen) atoms. The SMILES string of the molecule is O=C/C=C/C(=O)O[C@@H]1O[C@H](COCc2ccccc2)[C@@H](OCc2ccccc2)[C@@H]1OCc1ccccc1. The van der Waals surface area contributed by atoms with Gasteiger partial charge in [0.25, 0.3) is 0 Å². The lowest BCUT2D eigenvalue weighted by molar-refractivity contribution is -0.192. The molecule has 1 aliphatic rings. The summed E-state index contributed by atoms with van der Waals surface area (Å²) >= 11 is 0. The van der Waals surface area contributed by atoms with Gasteiger partial charge in [-0.05, 0) is 22.8 Å². The standard InChI is InChI=1S/C30H30O7/c31-18-10-17-27(32)37-30-29(35-21-25-15-8-3-9-16-25)28(34-20-24-13-6-2-7-14-24)26(36-30)22-33-19-23-11-4-1-5-12-23/h1-18,26,28-30H,19-22H2/b17-10+/t26-,28-,29+,30+/m1/s1. The van der Waals surface area contributed by atoms with Gasteiger partial charge in [-0.25, -0.2) is 4.79 Å². The van der Waals surface area contributed by atoms with Crippen LogP contribution in [0.2, 0.25) is 0 Å². The lowest BCUT2D eigenvalue weighted by Gasteiger charge is -2.24. The molecule has 0 N–H and O–H groups in total. The van der Waals surface area contributed by atoms with Crippen molar-refractivity contribution in [3.05, 3.63) is 120 Å². The predicted molar refractivity (Wildman–Crippen MR) is 136 cm³/mol. The predicted octanol–water partition coefficient (Wildman–Crippen LogP) is 4.40. The number of hydrogen-bond donors (Lipinski definition) is 0. The molecule has 3 aromatic rings. The van der Waals surface area contributed by atoms with Crippen LogP contribution in [-0.4, -0.2) is 43.5 Å². The number of carbonyl (C=O) groups excluding carboxylic acids is 2. The molecule has 4 rings (SSSR count). The Morgan fingerprint density at radius 1 is 0.730 bits per heavy atom. The minimum absolute atomic E-state index is 0.206. The third kappa shape index (κ3) is 8.20. The quantitative estimate of drug-likeness (QED) is 0.195. The van der Waals surface area contributed by atoms with Gasteiger partial charge >= 0.3 is 5.97 Å². The van der Waals surface area contributed by atoms with E-state index in [4.69, 9.17) is 23.7 Å². The first-order valence-corrected chi connectivity index (χ1v) is 12.1. The molecule has 1 saturated heterocycles. The van der Waals surface area contributed by atoms with E-state index in [0.29, 0.717) is 19.5 Å². The Balaban J connectivity index is 1.50. The van der Waals surface area contributed by atoms with Gasteiger partial charge in [0.1, 0.15) is 24.6 Å². The fourth-order valence-electron chi connectivity index (χ4n) is 3.97. The van der Waals surface area contributed by atoms with E-state index >= 15 is 0 Å². The normalized spacial score (nSPS) is 21.2. The van der Waals surface area contributed by atoms with Crippen molar-refractivity contribution < 1.29 is 33.3 Å². The molecular weight excluding hydrogens is 472 g/mol. The number of carbonyl (C=O) groups is 2. The Kier molecular flexibility index (Phi) is 10.2. The lowest BCUT2D eigenvalue weighted by Crippen LogP contribution is -2.40. The van der Waals surface area contributed by atoms with Crippen LogP contribution in [0, 0.1) is 0 Å². The maximum Gasteiger partial charge on any atom is 0.333 e. The number of esters is 1. The van der Waals surface area contributed by atoms with E-state index in [-0.39, 0.29) is 13.2 Å². The number of ether oxygens (including phenoxy) is 5. The van der Waals surface area contributed by atoms with Crippen LogP contribution in [0.15, 0.2) is 103 Å². The molecule has 192 valence electrons. The fourth-order valence-corrected chi connectivity index (χ4v) is 3.97. The van der Waals surface area contributed by atoms with Gasteiger partial charge in [0.05, 0.1) is 26.4 Å². The van der Waals surface area contributed by atoms with Crippen LogP contribution >= 0.6 is 0 Å². The van der Waals surface area contributed by atoms with Gasteiger partial charge in [-0.2, -0.15) is 0 Å². The Hall–Kier alpha value is -3.62. The molecule has 0 aromatic heterocycles. The molecule has 3 aromatic carbocycles. The summed E-state index contributed by atoms with van der Waals surface area (Å²) in [6.45, 7) is 1.20. The van der Waals surface area contributed by atoms with Crippen molar-refractivity contribution >= 4 is 12.3 Å². The summed E-state index contributed by atoms with van der Waals surface area (Å²) < 4.78 is 30.1. The maximum atomic E-state index is 12.3. The van der Waals surface area contributed by atoms with Crippen LogP contribution in [0.1, 0.15) is 16.7 Å². The van der Waals surface area contributed by atoms with Crippen molar-refractivity contribution in [2.24, 2.45) is 0 Å². The molecule has 0 radical (unpaired) electrons. The maximum absolute atomic E-state index is 12.3. The zero-order chi connectivity index (χ0) is 25.7. The summed E-state index contributed by atoms with van der Waals surface area (Å²) in [4.78, 5) is 22.9. The first-order chi connectivity index (χ1) is 18.2. The molecule has 7 heteroatoms. The van der Waals surface area contributed by atoms with E-state index < -0.39 is 30.6 Å². The van der Waals surface area contributed by atoms with Crippen molar-refractivity contribution in [1.29, 1.82) is 0 Å². The van der Waals surface area contributed by atoms with Gasteiger partial charge in [0.2, 0.25) is 6.29 Å². The molecule has 4 atom stereocenters. The van der Waals surface area contributed by atoms with E-state index in [1.807, 2.05) is 91.0 Å². The van der Waals surface area contributed by atoms with Crippen LogP contribution in [0.25, 0.3) is 0 Å². The molecule has 7 nitrogen and oxygen atoms in total. The largest absolute Gasteiger partial charge is 0.430 e.